The first kappa shape index (κ1) is 14.1. The van der Waals surface area contributed by atoms with Crippen molar-refractivity contribution in [3.8, 4) is 0 Å². The molecular formula is C14H21NO4. The largest absolute Gasteiger partial charge is 0.481 e. The number of ether oxygens (including phenoxy) is 1. The Morgan fingerprint density at radius 2 is 2.00 bits per heavy atom. The Balaban J connectivity index is 1.99. The third kappa shape index (κ3) is 3.15. The van der Waals surface area contributed by atoms with E-state index >= 15 is 0 Å². The van der Waals surface area contributed by atoms with Gasteiger partial charge in [-0.3, -0.25) is 9.59 Å². The van der Waals surface area contributed by atoms with Crippen LogP contribution in [-0.2, 0) is 14.3 Å². The molecule has 0 aromatic heterocycles. The van der Waals surface area contributed by atoms with Crippen LogP contribution < -0.4 is 0 Å². The van der Waals surface area contributed by atoms with E-state index in [9.17, 15) is 14.7 Å². The molecule has 1 saturated heterocycles. The Kier molecular flexibility index (Phi) is 4.58. The second kappa shape index (κ2) is 6.19. The highest BCUT2D eigenvalue weighted by Crippen LogP contribution is 2.29. The predicted molar refractivity (Wildman–Crippen MR) is 69.6 cm³/mol. The Hall–Kier alpha value is -1.36. The number of nitrogens with zero attached hydrogens (tertiary/aromatic N) is 1. The van der Waals surface area contributed by atoms with Crippen LogP contribution in [0.1, 0.15) is 19.3 Å². The first-order valence-corrected chi connectivity index (χ1v) is 6.79. The van der Waals surface area contributed by atoms with Crippen molar-refractivity contribution in [1.82, 2.24) is 4.90 Å². The molecule has 0 aromatic carbocycles. The number of hydrogen-bond donors (Lipinski definition) is 1. The van der Waals surface area contributed by atoms with Crippen molar-refractivity contribution in [2.75, 3.05) is 26.8 Å². The number of carboxylic acids is 1. The molecule has 106 valence electrons. The number of rotatable bonds is 4. The van der Waals surface area contributed by atoms with Gasteiger partial charge in [-0.15, -0.1) is 0 Å². The topological polar surface area (TPSA) is 66.8 Å². The van der Waals surface area contributed by atoms with E-state index in [0.717, 1.165) is 13.0 Å². The van der Waals surface area contributed by atoms with Gasteiger partial charge in [-0.2, -0.15) is 0 Å². The number of carboxylic acid groups (broad SMARTS) is 1. The van der Waals surface area contributed by atoms with Crippen LogP contribution >= 0.6 is 0 Å². The fourth-order valence-corrected chi connectivity index (χ4v) is 3.00. The monoisotopic (exact) mass is 267 g/mol. The maximum Gasteiger partial charge on any atom is 0.307 e. The minimum absolute atomic E-state index is 0.00430. The summed E-state index contributed by atoms with van der Waals surface area (Å²) in [5.74, 6) is -1.45. The molecular weight excluding hydrogens is 246 g/mol. The summed E-state index contributed by atoms with van der Waals surface area (Å²) in [5.41, 5.74) is 0. The number of likely N-dealkylation sites (tertiary alicyclic amines) is 1. The molecule has 2 rings (SSSR count). The van der Waals surface area contributed by atoms with Crippen LogP contribution in [0, 0.1) is 17.8 Å². The van der Waals surface area contributed by atoms with Crippen molar-refractivity contribution < 1.29 is 19.4 Å². The molecule has 0 spiro atoms. The smallest absolute Gasteiger partial charge is 0.307 e. The van der Waals surface area contributed by atoms with Gasteiger partial charge in [0.05, 0.1) is 18.4 Å². The summed E-state index contributed by atoms with van der Waals surface area (Å²) >= 11 is 0. The molecule has 1 unspecified atom stereocenters. The quantitative estimate of drug-likeness (QED) is 0.776. The molecule has 1 fully saturated rings. The summed E-state index contributed by atoms with van der Waals surface area (Å²) in [6.45, 7) is 2.08. The molecule has 0 radical (unpaired) electrons. The molecule has 2 aliphatic rings. The first-order chi connectivity index (χ1) is 9.13. The van der Waals surface area contributed by atoms with E-state index < -0.39 is 17.8 Å². The fraction of sp³-hybridized carbons (Fsp3) is 0.714. The van der Waals surface area contributed by atoms with E-state index in [-0.39, 0.29) is 5.91 Å². The molecule has 5 heteroatoms. The van der Waals surface area contributed by atoms with Crippen molar-refractivity contribution in [1.29, 1.82) is 0 Å². The third-order valence-electron chi connectivity index (χ3n) is 4.07. The number of carbonyl (C=O) groups is 2. The van der Waals surface area contributed by atoms with Crippen molar-refractivity contribution in [3.05, 3.63) is 12.2 Å². The van der Waals surface area contributed by atoms with Crippen LogP contribution in [0.15, 0.2) is 12.2 Å². The molecule has 19 heavy (non-hydrogen) atoms. The average Bonchev–Trinajstić information content (AvgIpc) is 2.87. The van der Waals surface area contributed by atoms with Crippen LogP contribution in [0.3, 0.4) is 0 Å². The zero-order valence-electron chi connectivity index (χ0n) is 11.2. The highest BCUT2D eigenvalue weighted by molar-refractivity contribution is 5.85. The number of methoxy groups -OCH3 is 1. The van der Waals surface area contributed by atoms with Gasteiger partial charge in [-0.25, -0.2) is 0 Å². The fourth-order valence-electron chi connectivity index (χ4n) is 3.00. The van der Waals surface area contributed by atoms with E-state index in [2.05, 4.69) is 0 Å². The number of allylic oxidation sites excluding steroid dienone is 2. The Morgan fingerprint density at radius 1 is 1.32 bits per heavy atom. The molecule has 0 aromatic rings. The summed E-state index contributed by atoms with van der Waals surface area (Å²) in [6.07, 6.45) is 5.73. The van der Waals surface area contributed by atoms with Gasteiger partial charge in [0.25, 0.3) is 0 Å². The standard InChI is InChI=1S/C14H21NO4/c1-19-9-10-6-7-15(8-10)13(16)11-4-2-3-5-12(11)14(17)18/h2-3,10-12H,4-9H2,1H3,(H,17,18)/t10?,11-,12+/m1/s1. The van der Waals surface area contributed by atoms with Crippen molar-refractivity contribution in [2.45, 2.75) is 19.3 Å². The summed E-state index contributed by atoms with van der Waals surface area (Å²) in [7, 11) is 1.66. The van der Waals surface area contributed by atoms with Crippen LogP contribution in [0.5, 0.6) is 0 Å². The number of hydrogen-bond acceptors (Lipinski definition) is 3. The second-order valence-electron chi connectivity index (χ2n) is 5.39. The highest BCUT2D eigenvalue weighted by Gasteiger charge is 2.38. The molecule has 1 amide bonds. The van der Waals surface area contributed by atoms with Crippen molar-refractivity contribution >= 4 is 11.9 Å². The minimum Gasteiger partial charge on any atom is -0.481 e. The van der Waals surface area contributed by atoms with Gasteiger partial charge >= 0.3 is 5.97 Å². The lowest BCUT2D eigenvalue weighted by atomic mass is 9.82. The molecule has 1 aliphatic carbocycles. The lowest BCUT2D eigenvalue weighted by Gasteiger charge is -2.28. The van der Waals surface area contributed by atoms with E-state index in [1.165, 1.54) is 0 Å². The third-order valence-corrected chi connectivity index (χ3v) is 4.07. The van der Waals surface area contributed by atoms with Gasteiger partial charge in [0.2, 0.25) is 5.91 Å². The van der Waals surface area contributed by atoms with Gasteiger partial charge in [0.1, 0.15) is 0 Å². The van der Waals surface area contributed by atoms with Crippen molar-refractivity contribution in [3.63, 3.8) is 0 Å². The number of aliphatic carboxylic acids is 1. The molecule has 1 heterocycles. The summed E-state index contributed by atoms with van der Waals surface area (Å²) in [5, 5.41) is 9.21. The minimum atomic E-state index is -0.865. The van der Waals surface area contributed by atoms with Gasteiger partial charge in [-0.1, -0.05) is 12.2 Å². The summed E-state index contributed by atoms with van der Waals surface area (Å²) in [4.78, 5) is 25.5. The van der Waals surface area contributed by atoms with E-state index in [1.54, 1.807) is 7.11 Å². The lowest BCUT2D eigenvalue weighted by Crippen LogP contribution is -2.40. The molecule has 0 bridgehead atoms. The Labute approximate surface area is 113 Å². The summed E-state index contributed by atoms with van der Waals surface area (Å²) < 4.78 is 5.12. The molecule has 1 N–H and O–H groups in total. The first-order valence-electron chi connectivity index (χ1n) is 6.79. The zero-order valence-corrected chi connectivity index (χ0v) is 11.2. The van der Waals surface area contributed by atoms with Crippen LogP contribution in [0.25, 0.3) is 0 Å². The van der Waals surface area contributed by atoms with E-state index in [4.69, 9.17) is 4.74 Å². The van der Waals surface area contributed by atoms with E-state index in [1.807, 2.05) is 17.1 Å². The van der Waals surface area contributed by atoms with E-state index in [0.29, 0.717) is 31.9 Å². The normalized spacial score (nSPS) is 30.6. The molecule has 0 saturated carbocycles. The zero-order chi connectivity index (χ0) is 13.8. The van der Waals surface area contributed by atoms with Crippen molar-refractivity contribution in [2.24, 2.45) is 17.8 Å². The van der Waals surface area contributed by atoms with Gasteiger partial charge in [0.15, 0.2) is 0 Å². The predicted octanol–water partition coefficient (Wildman–Crippen LogP) is 1.15. The highest BCUT2D eigenvalue weighted by atomic mass is 16.5. The van der Waals surface area contributed by atoms with Gasteiger partial charge in [0, 0.05) is 26.1 Å². The number of amides is 1. The van der Waals surface area contributed by atoms with Crippen LogP contribution in [0.2, 0.25) is 0 Å². The molecule has 3 atom stereocenters. The molecule has 1 aliphatic heterocycles. The SMILES string of the molecule is COCC1CCN(C(=O)[C@@H]2CC=CC[C@@H]2C(=O)O)C1. The molecule has 5 nitrogen and oxygen atoms in total. The maximum absolute atomic E-state index is 12.5. The Morgan fingerprint density at radius 3 is 2.63 bits per heavy atom. The number of carbonyl (C=O) groups excluding carboxylic acids is 1. The second-order valence-corrected chi connectivity index (χ2v) is 5.39. The maximum atomic E-state index is 12.5. The van der Waals surface area contributed by atoms with Gasteiger partial charge < -0.3 is 14.7 Å². The lowest BCUT2D eigenvalue weighted by molar-refractivity contribution is -0.150. The van der Waals surface area contributed by atoms with Crippen LogP contribution in [0.4, 0.5) is 0 Å². The van der Waals surface area contributed by atoms with Gasteiger partial charge in [-0.05, 0) is 19.3 Å². The average molecular weight is 267 g/mol. The van der Waals surface area contributed by atoms with Crippen LogP contribution in [-0.4, -0.2) is 48.7 Å². The summed E-state index contributed by atoms with van der Waals surface area (Å²) in [6, 6.07) is 0. The Bertz CT molecular complexity index is 380.